The van der Waals surface area contributed by atoms with E-state index in [-0.39, 0.29) is 23.9 Å². The summed E-state index contributed by atoms with van der Waals surface area (Å²) in [5.41, 5.74) is 4.56. The molecule has 1 aliphatic rings. The average Bonchev–Trinajstić information content (AvgIpc) is 2.93. The SMILES string of the molecule is Cc1nc(CNC(=O)C2c3ccccc3-c3ccccc32)cc(=O)[nH]1. The first-order valence-electron chi connectivity index (χ1n) is 8.16. The molecular formula is C20H17N3O2. The van der Waals surface area contributed by atoms with Crippen LogP contribution in [0.1, 0.15) is 28.6 Å². The van der Waals surface area contributed by atoms with Gasteiger partial charge in [0.2, 0.25) is 5.91 Å². The van der Waals surface area contributed by atoms with Crippen LogP contribution in [0.4, 0.5) is 0 Å². The van der Waals surface area contributed by atoms with Crippen molar-refractivity contribution in [2.75, 3.05) is 0 Å². The Kier molecular flexibility index (Phi) is 3.69. The molecule has 0 radical (unpaired) electrons. The lowest BCUT2D eigenvalue weighted by atomic mass is 9.96. The highest BCUT2D eigenvalue weighted by molar-refractivity contribution is 5.96. The third kappa shape index (κ3) is 2.74. The average molecular weight is 331 g/mol. The van der Waals surface area contributed by atoms with Crippen LogP contribution in [0.25, 0.3) is 11.1 Å². The van der Waals surface area contributed by atoms with Gasteiger partial charge in [-0.15, -0.1) is 0 Å². The molecule has 0 unspecified atom stereocenters. The molecule has 1 aromatic heterocycles. The number of aromatic nitrogens is 2. The first-order chi connectivity index (χ1) is 12.1. The molecule has 0 saturated carbocycles. The number of aryl methyl sites for hydroxylation is 1. The number of hydrogen-bond acceptors (Lipinski definition) is 3. The highest BCUT2D eigenvalue weighted by Crippen LogP contribution is 2.44. The second-order valence-corrected chi connectivity index (χ2v) is 6.15. The normalized spacial score (nSPS) is 12.5. The Bertz CT molecular complexity index is 978. The zero-order valence-electron chi connectivity index (χ0n) is 13.7. The standard InChI is InChI=1S/C20H17N3O2/c1-12-22-13(10-18(24)23-12)11-21-20(25)19-16-8-4-2-6-14(16)15-7-3-5-9-17(15)19/h2-10,19H,11H2,1H3,(H,21,25)(H,22,23,24). The maximum Gasteiger partial charge on any atom is 0.251 e. The molecule has 124 valence electrons. The molecule has 1 heterocycles. The van der Waals surface area contributed by atoms with Crippen molar-refractivity contribution >= 4 is 5.91 Å². The van der Waals surface area contributed by atoms with Crippen LogP contribution in [-0.2, 0) is 11.3 Å². The van der Waals surface area contributed by atoms with Gasteiger partial charge >= 0.3 is 0 Å². The first-order valence-corrected chi connectivity index (χ1v) is 8.16. The minimum atomic E-state index is -0.338. The van der Waals surface area contributed by atoms with Gasteiger partial charge in [-0.25, -0.2) is 4.98 Å². The van der Waals surface area contributed by atoms with Gasteiger partial charge in [-0.3, -0.25) is 9.59 Å². The maximum absolute atomic E-state index is 12.9. The van der Waals surface area contributed by atoms with Gasteiger partial charge in [-0.2, -0.15) is 0 Å². The summed E-state index contributed by atoms with van der Waals surface area (Å²) in [6, 6.07) is 17.4. The molecule has 0 spiro atoms. The molecule has 25 heavy (non-hydrogen) atoms. The number of nitrogens with one attached hydrogen (secondary N) is 2. The number of hydrogen-bond donors (Lipinski definition) is 2. The highest BCUT2D eigenvalue weighted by Gasteiger charge is 2.33. The molecule has 2 aromatic carbocycles. The van der Waals surface area contributed by atoms with Gasteiger partial charge in [0.05, 0.1) is 18.2 Å². The zero-order chi connectivity index (χ0) is 17.4. The van der Waals surface area contributed by atoms with Gasteiger partial charge in [0, 0.05) is 6.07 Å². The van der Waals surface area contributed by atoms with Crippen LogP contribution in [-0.4, -0.2) is 15.9 Å². The van der Waals surface area contributed by atoms with E-state index in [9.17, 15) is 9.59 Å². The first kappa shape index (κ1) is 15.3. The van der Waals surface area contributed by atoms with Crippen molar-refractivity contribution in [2.24, 2.45) is 0 Å². The number of carbonyl (C=O) groups excluding carboxylic acids is 1. The molecule has 0 bridgehead atoms. The molecule has 0 fully saturated rings. The van der Waals surface area contributed by atoms with E-state index in [0.717, 1.165) is 22.3 Å². The Hall–Kier alpha value is -3.21. The Morgan fingerprint density at radius 3 is 2.28 bits per heavy atom. The number of H-pyrrole nitrogens is 1. The number of aromatic amines is 1. The van der Waals surface area contributed by atoms with E-state index in [2.05, 4.69) is 15.3 Å². The smallest absolute Gasteiger partial charge is 0.251 e. The Labute approximate surface area is 144 Å². The van der Waals surface area contributed by atoms with Crippen LogP contribution < -0.4 is 10.9 Å². The predicted molar refractivity (Wildman–Crippen MR) is 95.2 cm³/mol. The van der Waals surface area contributed by atoms with Gasteiger partial charge in [-0.05, 0) is 29.2 Å². The summed E-state index contributed by atoms with van der Waals surface area (Å²) in [6.07, 6.45) is 0. The van der Waals surface area contributed by atoms with Crippen molar-refractivity contribution in [3.05, 3.63) is 87.6 Å². The van der Waals surface area contributed by atoms with Crippen molar-refractivity contribution in [1.29, 1.82) is 0 Å². The van der Waals surface area contributed by atoms with Gasteiger partial charge in [0.25, 0.3) is 5.56 Å². The molecule has 2 N–H and O–H groups in total. The summed E-state index contributed by atoms with van der Waals surface area (Å²) in [5.74, 6) is 0.112. The zero-order valence-corrected chi connectivity index (χ0v) is 13.7. The fourth-order valence-electron chi connectivity index (χ4n) is 3.45. The number of fused-ring (bicyclic) bond motifs is 3. The largest absolute Gasteiger partial charge is 0.350 e. The molecule has 1 aliphatic carbocycles. The fourth-order valence-corrected chi connectivity index (χ4v) is 3.45. The molecule has 3 aromatic rings. The molecular weight excluding hydrogens is 314 g/mol. The molecule has 5 heteroatoms. The fraction of sp³-hybridized carbons (Fsp3) is 0.150. The van der Waals surface area contributed by atoms with Crippen LogP contribution in [0, 0.1) is 6.92 Å². The van der Waals surface area contributed by atoms with Crippen LogP contribution >= 0.6 is 0 Å². The summed E-state index contributed by atoms with van der Waals surface area (Å²) in [5, 5.41) is 2.92. The van der Waals surface area contributed by atoms with E-state index in [1.165, 1.54) is 6.07 Å². The lowest BCUT2D eigenvalue weighted by molar-refractivity contribution is -0.121. The van der Waals surface area contributed by atoms with E-state index >= 15 is 0 Å². The van der Waals surface area contributed by atoms with E-state index < -0.39 is 0 Å². The Morgan fingerprint density at radius 1 is 1.08 bits per heavy atom. The van der Waals surface area contributed by atoms with Gasteiger partial charge < -0.3 is 10.3 Å². The summed E-state index contributed by atoms with van der Waals surface area (Å²) in [4.78, 5) is 31.3. The minimum Gasteiger partial charge on any atom is -0.350 e. The van der Waals surface area contributed by atoms with Crippen LogP contribution in [0.5, 0.6) is 0 Å². The van der Waals surface area contributed by atoms with E-state index in [1.54, 1.807) is 6.92 Å². The quantitative estimate of drug-likeness (QED) is 0.774. The van der Waals surface area contributed by atoms with Crippen molar-refractivity contribution in [2.45, 2.75) is 19.4 Å². The van der Waals surface area contributed by atoms with Gasteiger partial charge in [0.15, 0.2) is 0 Å². The lowest BCUT2D eigenvalue weighted by Crippen LogP contribution is -2.29. The summed E-state index contributed by atoms with van der Waals surface area (Å²) >= 11 is 0. The van der Waals surface area contributed by atoms with Crippen molar-refractivity contribution in [3.8, 4) is 11.1 Å². The molecule has 4 rings (SSSR count). The summed E-state index contributed by atoms with van der Waals surface area (Å²) in [6.45, 7) is 1.95. The third-order valence-electron chi connectivity index (χ3n) is 4.45. The number of rotatable bonds is 3. The minimum absolute atomic E-state index is 0.0860. The predicted octanol–water partition coefficient (Wildman–Crippen LogP) is 2.51. The molecule has 0 saturated heterocycles. The third-order valence-corrected chi connectivity index (χ3v) is 4.45. The topological polar surface area (TPSA) is 74.8 Å². The molecule has 5 nitrogen and oxygen atoms in total. The Balaban J connectivity index is 1.63. The Morgan fingerprint density at radius 2 is 1.68 bits per heavy atom. The summed E-state index contributed by atoms with van der Waals surface area (Å²) in [7, 11) is 0. The number of nitrogens with zero attached hydrogens (tertiary/aromatic N) is 1. The lowest BCUT2D eigenvalue weighted by Gasteiger charge is -2.14. The summed E-state index contributed by atoms with van der Waals surface area (Å²) < 4.78 is 0. The molecule has 0 aliphatic heterocycles. The van der Waals surface area contributed by atoms with Crippen LogP contribution in [0.3, 0.4) is 0 Å². The number of amides is 1. The van der Waals surface area contributed by atoms with Crippen molar-refractivity contribution in [3.63, 3.8) is 0 Å². The van der Waals surface area contributed by atoms with Crippen LogP contribution in [0.15, 0.2) is 59.4 Å². The molecule has 1 amide bonds. The van der Waals surface area contributed by atoms with Crippen molar-refractivity contribution < 1.29 is 4.79 Å². The van der Waals surface area contributed by atoms with Crippen LogP contribution in [0.2, 0.25) is 0 Å². The van der Waals surface area contributed by atoms with E-state index in [4.69, 9.17) is 0 Å². The monoisotopic (exact) mass is 331 g/mol. The van der Waals surface area contributed by atoms with E-state index in [0.29, 0.717) is 11.5 Å². The second kappa shape index (κ2) is 6.02. The van der Waals surface area contributed by atoms with Gasteiger partial charge in [0.1, 0.15) is 5.82 Å². The maximum atomic E-state index is 12.9. The number of benzene rings is 2. The van der Waals surface area contributed by atoms with Crippen molar-refractivity contribution in [1.82, 2.24) is 15.3 Å². The number of carbonyl (C=O) groups is 1. The highest BCUT2D eigenvalue weighted by atomic mass is 16.2. The molecule has 0 atom stereocenters. The second-order valence-electron chi connectivity index (χ2n) is 6.15. The van der Waals surface area contributed by atoms with E-state index in [1.807, 2.05) is 48.5 Å². The van der Waals surface area contributed by atoms with Gasteiger partial charge in [-0.1, -0.05) is 48.5 Å².